The SMILES string of the molecule is CCCCCC(=O)N1CCC(Nc2nc(NC3CCC(N)CC3)nc3c2ncn3C2CCCC2)CC1.Cl.Cl. The highest BCUT2D eigenvalue weighted by Crippen LogP contribution is 2.34. The molecule has 38 heavy (non-hydrogen) atoms. The summed E-state index contributed by atoms with van der Waals surface area (Å²) in [6.07, 6.45) is 16.9. The van der Waals surface area contributed by atoms with Gasteiger partial charge in [0, 0.05) is 43.7 Å². The molecular formula is C27H46Cl2N8O. The predicted molar refractivity (Wildman–Crippen MR) is 159 cm³/mol. The highest BCUT2D eigenvalue weighted by molar-refractivity contribution is 5.86. The molecule has 2 aliphatic carbocycles. The van der Waals surface area contributed by atoms with Gasteiger partial charge in [0.15, 0.2) is 17.0 Å². The van der Waals surface area contributed by atoms with Crippen molar-refractivity contribution in [3.63, 3.8) is 0 Å². The zero-order valence-corrected chi connectivity index (χ0v) is 24.4. The van der Waals surface area contributed by atoms with Crippen molar-refractivity contribution >= 4 is 53.7 Å². The van der Waals surface area contributed by atoms with Gasteiger partial charge < -0.3 is 25.8 Å². The number of nitrogens with one attached hydrogen (secondary N) is 2. The normalized spacial score (nSPS) is 22.6. The van der Waals surface area contributed by atoms with Crippen molar-refractivity contribution in [3.8, 4) is 0 Å². The van der Waals surface area contributed by atoms with E-state index in [0.29, 0.717) is 36.4 Å². The fourth-order valence-electron chi connectivity index (χ4n) is 6.13. The number of carbonyl (C=O) groups excluding carboxylic acids is 1. The van der Waals surface area contributed by atoms with Crippen molar-refractivity contribution < 1.29 is 4.79 Å². The molecule has 0 unspecified atom stereocenters. The van der Waals surface area contributed by atoms with Gasteiger partial charge in [-0.2, -0.15) is 9.97 Å². The smallest absolute Gasteiger partial charge is 0.227 e. The topological polar surface area (TPSA) is 114 Å². The third-order valence-electron chi connectivity index (χ3n) is 8.43. The molecule has 0 bridgehead atoms. The quantitative estimate of drug-likeness (QED) is 0.344. The summed E-state index contributed by atoms with van der Waals surface area (Å²) >= 11 is 0. The van der Waals surface area contributed by atoms with Gasteiger partial charge in [-0.3, -0.25) is 4.79 Å². The minimum Gasteiger partial charge on any atom is -0.365 e. The van der Waals surface area contributed by atoms with Crippen LogP contribution in [0.1, 0.15) is 103 Å². The zero-order valence-electron chi connectivity index (χ0n) is 22.7. The van der Waals surface area contributed by atoms with Gasteiger partial charge in [-0.15, -0.1) is 24.8 Å². The molecule has 1 amide bonds. The first-order chi connectivity index (χ1) is 17.6. The molecule has 2 aromatic rings. The lowest BCUT2D eigenvalue weighted by Gasteiger charge is -2.33. The maximum Gasteiger partial charge on any atom is 0.227 e. The Hall–Kier alpha value is -1.84. The average Bonchev–Trinajstić information content (AvgIpc) is 3.56. The molecule has 9 nitrogen and oxygen atoms in total. The standard InChI is InChI=1S/C27H44N8O.2ClH/c1-2-3-4-9-23(36)34-16-14-21(15-17-34)30-25-24-26(35(18-29-24)22-7-5-6-8-22)33-27(32-25)31-20-12-10-19(28)11-13-20;;/h18-22H,2-17,28H2,1H3,(H2,30,31,32,33);2*1H. The monoisotopic (exact) mass is 568 g/mol. The van der Waals surface area contributed by atoms with Crippen molar-refractivity contribution in [2.75, 3.05) is 23.7 Å². The maximum absolute atomic E-state index is 12.6. The second-order valence-corrected chi connectivity index (χ2v) is 11.2. The molecule has 2 aromatic heterocycles. The molecule has 5 rings (SSSR count). The number of imidazole rings is 1. The van der Waals surface area contributed by atoms with E-state index >= 15 is 0 Å². The molecule has 1 aliphatic heterocycles. The van der Waals surface area contributed by atoms with Crippen molar-refractivity contribution in [1.82, 2.24) is 24.4 Å². The highest BCUT2D eigenvalue weighted by atomic mass is 35.5. The summed E-state index contributed by atoms with van der Waals surface area (Å²) in [6.45, 7) is 3.79. The van der Waals surface area contributed by atoms with Gasteiger partial charge in [-0.05, 0) is 57.8 Å². The number of rotatable bonds is 9. The molecule has 4 N–H and O–H groups in total. The summed E-state index contributed by atoms with van der Waals surface area (Å²) in [5, 5.41) is 7.31. The first kappa shape index (κ1) is 30.7. The van der Waals surface area contributed by atoms with E-state index in [1.165, 1.54) is 25.7 Å². The number of piperidine rings is 1. The second kappa shape index (κ2) is 14.5. The minimum absolute atomic E-state index is 0. The molecule has 2 saturated carbocycles. The van der Waals surface area contributed by atoms with E-state index in [1.54, 1.807) is 0 Å². The van der Waals surface area contributed by atoms with Crippen LogP contribution in [0, 0.1) is 0 Å². The van der Waals surface area contributed by atoms with Crippen molar-refractivity contribution in [2.24, 2.45) is 5.73 Å². The van der Waals surface area contributed by atoms with Crippen LogP contribution in [0.5, 0.6) is 0 Å². The number of likely N-dealkylation sites (tertiary alicyclic amines) is 1. The number of unbranched alkanes of at least 4 members (excludes halogenated alkanes) is 2. The van der Waals surface area contributed by atoms with Gasteiger partial charge in [0.05, 0.1) is 6.33 Å². The zero-order chi connectivity index (χ0) is 24.9. The third-order valence-corrected chi connectivity index (χ3v) is 8.43. The number of nitrogens with two attached hydrogens (primary N) is 1. The van der Waals surface area contributed by atoms with E-state index < -0.39 is 0 Å². The molecular weight excluding hydrogens is 523 g/mol. The summed E-state index contributed by atoms with van der Waals surface area (Å²) < 4.78 is 2.27. The van der Waals surface area contributed by atoms with Gasteiger partial charge >= 0.3 is 0 Å². The molecule has 0 spiro atoms. The number of aromatic nitrogens is 4. The summed E-state index contributed by atoms with van der Waals surface area (Å²) in [6, 6.07) is 1.43. The summed E-state index contributed by atoms with van der Waals surface area (Å²) in [7, 11) is 0. The fraction of sp³-hybridized carbons (Fsp3) is 0.778. The molecule has 0 radical (unpaired) electrons. The van der Waals surface area contributed by atoms with Crippen LogP contribution < -0.4 is 16.4 Å². The van der Waals surface area contributed by atoms with Crippen LogP contribution in [0.2, 0.25) is 0 Å². The van der Waals surface area contributed by atoms with Gasteiger partial charge in [-0.1, -0.05) is 32.6 Å². The first-order valence-corrected chi connectivity index (χ1v) is 14.4. The number of hydrogen-bond donors (Lipinski definition) is 3. The van der Waals surface area contributed by atoms with Crippen LogP contribution in [0.4, 0.5) is 11.8 Å². The van der Waals surface area contributed by atoms with Crippen LogP contribution in [-0.4, -0.2) is 61.5 Å². The lowest BCUT2D eigenvalue weighted by Crippen LogP contribution is -2.42. The van der Waals surface area contributed by atoms with Gasteiger partial charge in [-0.25, -0.2) is 4.98 Å². The van der Waals surface area contributed by atoms with Crippen LogP contribution in [0.25, 0.3) is 11.2 Å². The Kier molecular flexibility index (Phi) is 11.7. The summed E-state index contributed by atoms with van der Waals surface area (Å²) in [4.78, 5) is 29.3. The predicted octanol–water partition coefficient (Wildman–Crippen LogP) is 5.45. The Bertz CT molecular complexity index is 1010. The van der Waals surface area contributed by atoms with Gasteiger partial charge in [0.1, 0.15) is 0 Å². The van der Waals surface area contributed by atoms with E-state index in [-0.39, 0.29) is 30.9 Å². The lowest BCUT2D eigenvalue weighted by atomic mass is 9.92. The number of nitrogens with zero attached hydrogens (tertiary/aromatic N) is 5. The third kappa shape index (κ3) is 7.42. The Morgan fingerprint density at radius 3 is 2.32 bits per heavy atom. The van der Waals surface area contributed by atoms with Crippen molar-refractivity contribution in [2.45, 2.75) is 121 Å². The molecule has 0 aromatic carbocycles. The Morgan fingerprint density at radius 2 is 1.63 bits per heavy atom. The molecule has 3 heterocycles. The molecule has 11 heteroatoms. The van der Waals surface area contributed by atoms with E-state index in [2.05, 4.69) is 22.1 Å². The van der Waals surface area contributed by atoms with Crippen molar-refractivity contribution in [3.05, 3.63) is 6.33 Å². The fourth-order valence-corrected chi connectivity index (χ4v) is 6.13. The Balaban J connectivity index is 0.00000200. The van der Waals surface area contributed by atoms with E-state index in [1.807, 2.05) is 11.2 Å². The van der Waals surface area contributed by atoms with E-state index in [9.17, 15) is 4.79 Å². The number of carbonyl (C=O) groups is 1. The number of fused-ring (bicyclic) bond motifs is 1. The van der Waals surface area contributed by atoms with Crippen LogP contribution in [0.15, 0.2) is 6.33 Å². The van der Waals surface area contributed by atoms with Crippen LogP contribution in [0.3, 0.4) is 0 Å². The summed E-state index contributed by atoms with van der Waals surface area (Å²) in [5.74, 6) is 1.81. The Labute approximate surface area is 239 Å². The minimum atomic E-state index is 0. The number of amides is 1. The first-order valence-electron chi connectivity index (χ1n) is 14.4. The van der Waals surface area contributed by atoms with Crippen LogP contribution in [-0.2, 0) is 4.79 Å². The molecule has 3 fully saturated rings. The van der Waals surface area contributed by atoms with Gasteiger partial charge in [0.25, 0.3) is 0 Å². The highest BCUT2D eigenvalue weighted by Gasteiger charge is 2.27. The molecule has 3 aliphatic rings. The van der Waals surface area contributed by atoms with Crippen molar-refractivity contribution in [1.29, 1.82) is 0 Å². The average molecular weight is 570 g/mol. The second-order valence-electron chi connectivity index (χ2n) is 11.2. The summed E-state index contributed by atoms with van der Waals surface area (Å²) in [5.41, 5.74) is 7.91. The molecule has 214 valence electrons. The number of hydrogen-bond acceptors (Lipinski definition) is 7. The molecule has 1 saturated heterocycles. The Morgan fingerprint density at radius 1 is 0.947 bits per heavy atom. The van der Waals surface area contributed by atoms with E-state index in [4.69, 9.17) is 20.7 Å². The van der Waals surface area contributed by atoms with Gasteiger partial charge in [0.2, 0.25) is 11.9 Å². The lowest BCUT2D eigenvalue weighted by molar-refractivity contribution is -0.132. The number of halogens is 2. The number of anilines is 2. The van der Waals surface area contributed by atoms with Crippen LogP contribution >= 0.6 is 24.8 Å². The molecule has 0 atom stereocenters. The largest absolute Gasteiger partial charge is 0.365 e. The maximum atomic E-state index is 12.6. The van der Waals surface area contributed by atoms with E-state index in [0.717, 1.165) is 87.9 Å².